The van der Waals surface area contributed by atoms with Crippen LogP contribution >= 0.6 is 0 Å². The lowest BCUT2D eigenvalue weighted by atomic mass is 10.2. The Bertz CT molecular complexity index is 1010. The molecule has 0 aliphatic carbocycles. The molecule has 1 fully saturated rings. The summed E-state index contributed by atoms with van der Waals surface area (Å²) in [4.78, 5) is 43.6. The minimum absolute atomic E-state index is 0.140. The lowest BCUT2D eigenvalue weighted by molar-refractivity contribution is 0.0374. The molecule has 3 N–H and O–H groups in total. The van der Waals surface area contributed by atoms with Gasteiger partial charge in [0.25, 0.3) is 11.8 Å². The number of ether oxygens (including phenoxy) is 2. The van der Waals surface area contributed by atoms with E-state index in [4.69, 9.17) is 9.47 Å². The van der Waals surface area contributed by atoms with Gasteiger partial charge in [-0.25, -0.2) is 4.79 Å². The van der Waals surface area contributed by atoms with E-state index in [0.29, 0.717) is 23.5 Å². The van der Waals surface area contributed by atoms with Gasteiger partial charge in [-0.3, -0.25) is 24.8 Å². The number of morpholine rings is 1. The van der Waals surface area contributed by atoms with Crippen LogP contribution in [0.2, 0.25) is 0 Å². The normalized spacial score (nSPS) is 14.1. The second-order valence-electron chi connectivity index (χ2n) is 9.12. The fourth-order valence-electron chi connectivity index (χ4n) is 3.39. The third kappa shape index (κ3) is 8.66. The Balaban J connectivity index is 1.51. The monoisotopic (exact) mass is 483 g/mol. The predicted molar refractivity (Wildman–Crippen MR) is 133 cm³/mol. The number of carbonyl (C=O) groups is 3. The summed E-state index contributed by atoms with van der Waals surface area (Å²) in [6, 6.07) is 9.82. The van der Waals surface area contributed by atoms with Crippen molar-refractivity contribution < 1.29 is 23.9 Å². The number of para-hydroxylation sites is 2. The first-order valence-corrected chi connectivity index (χ1v) is 11.7. The van der Waals surface area contributed by atoms with Gasteiger partial charge in [-0.1, -0.05) is 12.1 Å². The molecule has 0 bridgehead atoms. The molecule has 2 heterocycles. The summed E-state index contributed by atoms with van der Waals surface area (Å²) < 4.78 is 10.6. The second-order valence-corrected chi connectivity index (χ2v) is 9.12. The van der Waals surface area contributed by atoms with Crippen molar-refractivity contribution in [1.29, 1.82) is 0 Å². The molecule has 1 aliphatic rings. The van der Waals surface area contributed by atoms with Crippen molar-refractivity contribution in [2.45, 2.75) is 32.8 Å². The molecule has 3 amide bonds. The summed E-state index contributed by atoms with van der Waals surface area (Å²) in [5.41, 5.74) is 0.652. The van der Waals surface area contributed by atoms with Crippen LogP contribution in [0.25, 0.3) is 0 Å². The van der Waals surface area contributed by atoms with Crippen LogP contribution in [-0.2, 0) is 9.47 Å². The lowest BCUT2D eigenvalue weighted by Gasteiger charge is -2.26. The molecule has 1 aromatic carbocycles. The second kappa shape index (κ2) is 12.3. The number of carbonyl (C=O) groups excluding carboxylic acids is 3. The maximum Gasteiger partial charge on any atom is 0.412 e. The van der Waals surface area contributed by atoms with Gasteiger partial charge >= 0.3 is 6.09 Å². The average molecular weight is 484 g/mol. The number of benzene rings is 1. The quantitative estimate of drug-likeness (QED) is 0.493. The summed E-state index contributed by atoms with van der Waals surface area (Å²) in [5.74, 6) is -0.709. The first-order valence-electron chi connectivity index (χ1n) is 11.7. The number of hydrogen-bond donors (Lipinski definition) is 3. The van der Waals surface area contributed by atoms with Crippen molar-refractivity contribution in [1.82, 2.24) is 15.2 Å². The van der Waals surface area contributed by atoms with Gasteiger partial charge in [0.15, 0.2) is 0 Å². The van der Waals surface area contributed by atoms with E-state index < -0.39 is 17.6 Å². The number of hydrogen-bond acceptors (Lipinski definition) is 7. The van der Waals surface area contributed by atoms with Crippen LogP contribution < -0.4 is 16.0 Å². The topological polar surface area (TPSA) is 122 Å². The standard InChI is InChI=1S/C25H33N5O5/c1-25(2,3)35-24(33)29-20-8-5-4-7-19(20)28-23(32)21-10-9-18(17-27-21)22(31)26-11-6-12-30-13-15-34-16-14-30/h4-5,7-10,17H,6,11-16H2,1-3H3,(H,26,31)(H,28,32)(H,29,33). The maximum atomic E-state index is 12.7. The van der Waals surface area contributed by atoms with Gasteiger partial charge in [0.05, 0.1) is 30.2 Å². The number of pyridine rings is 1. The van der Waals surface area contributed by atoms with E-state index in [9.17, 15) is 14.4 Å². The molecule has 0 unspecified atom stereocenters. The van der Waals surface area contributed by atoms with E-state index in [-0.39, 0.29) is 11.6 Å². The number of nitrogens with zero attached hydrogens (tertiary/aromatic N) is 2. The molecule has 10 heteroatoms. The predicted octanol–water partition coefficient (Wildman–Crippen LogP) is 3.13. The maximum absolute atomic E-state index is 12.7. The van der Waals surface area contributed by atoms with Crippen molar-refractivity contribution in [3.8, 4) is 0 Å². The summed E-state index contributed by atoms with van der Waals surface area (Å²) in [6.07, 6.45) is 1.59. The molecule has 1 saturated heterocycles. The van der Waals surface area contributed by atoms with Crippen molar-refractivity contribution in [2.24, 2.45) is 0 Å². The van der Waals surface area contributed by atoms with Gasteiger partial charge in [0, 0.05) is 25.8 Å². The Morgan fingerprint density at radius 3 is 2.31 bits per heavy atom. The Morgan fingerprint density at radius 2 is 1.69 bits per heavy atom. The number of anilines is 2. The Hall–Kier alpha value is -3.50. The number of rotatable bonds is 8. The molecule has 1 aromatic heterocycles. The summed E-state index contributed by atoms with van der Waals surface area (Å²) in [7, 11) is 0. The van der Waals surface area contributed by atoms with Crippen LogP contribution in [0.1, 0.15) is 48.0 Å². The van der Waals surface area contributed by atoms with Crippen LogP contribution in [0.4, 0.5) is 16.2 Å². The third-order valence-corrected chi connectivity index (χ3v) is 5.11. The smallest absolute Gasteiger partial charge is 0.412 e. The lowest BCUT2D eigenvalue weighted by Crippen LogP contribution is -2.38. The summed E-state index contributed by atoms with van der Waals surface area (Å²) in [5, 5.41) is 8.24. The first-order chi connectivity index (χ1) is 16.7. The third-order valence-electron chi connectivity index (χ3n) is 5.11. The van der Waals surface area contributed by atoms with Gasteiger partial charge in [0.2, 0.25) is 0 Å². The molecular formula is C25H33N5O5. The zero-order valence-corrected chi connectivity index (χ0v) is 20.4. The highest BCUT2D eigenvalue weighted by Gasteiger charge is 2.18. The molecule has 2 aromatic rings. The number of aromatic nitrogens is 1. The highest BCUT2D eigenvalue weighted by atomic mass is 16.6. The molecule has 1 aliphatic heterocycles. The fraction of sp³-hybridized carbons (Fsp3) is 0.440. The molecular weight excluding hydrogens is 450 g/mol. The molecule has 0 radical (unpaired) electrons. The molecule has 0 saturated carbocycles. The van der Waals surface area contributed by atoms with Gasteiger partial charge in [-0.15, -0.1) is 0 Å². The minimum atomic E-state index is -0.650. The first kappa shape index (κ1) is 26.1. The molecule has 10 nitrogen and oxygen atoms in total. The van der Waals surface area contributed by atoms with Crippen LogP contribution in [-0.4, -0.2) is 72.8 Å². The molecule has 3 rings (SSSR count). The van der Waals surface area contributed by atoms with Crippen molar-refractivity contribution in [2.75, 3.05) is 50.0 Å². The van der Waals surface area contributed by atoms with Crippen LogP contribution in [0.3, 0.4) is 0 Å². The van der Waals surface area contributed by atoms with E-state index in [1.807, 2.05) is 0 Å². The molecule has 188 valence electrons. The van der Waals surface area contributed by atoms with Crippen LogP contribution in [0.5, 0.6) is 0 Å². The van der Waals surface area contributed by atoms with Crippen molar-refractivity contribution in [3.05, 3.63) is 53.9 Å². The van der Waals surface area contributed by atoms with Crippen LogP contribution in [0, 0.1) is 0 Å². The zero-order chi connectivity index (χ0) is 25.3. The van der Waals surface area contributed by atoms with E-state index in [1.54, 1.807) is 51.1 Å². The average Bonchev–Trinajstić information content (AvgIpc) is 2.82. The van der Waals surface area contributed by atoms with Gasteiger partial charge in [-0.05, 0) is 58.0 Å². The van der Waals surface area contributed by atoms with Gasteiger partial charge < -0.3 is 20.1 Å². The Labute approximate surface area is 205 Å². The molecule has 35 heavy (non-hydrogen) atoms. The molecule has 0 atom stereocenters. The fourth-order valence-corrected chi connectivity index (χ4v) is 3.39. The highest BCUT2D eigenvalue weighted by molar-refractivity contribution is 6.06. The Kier molecular flexibility index (Phi) is 9.16. The molecule has 0 spiro atoms. The van der Waals surface area contributed by atoms with Gasteiger partial charge in [-0.2, -0.15) is 0 Å². The van der Waals surface area contributed by atoms with E-state index in [1.165, 1.54) is 12.3 Å². The SMILES string of the molecule is CC(C)(C)OC(=O)Nc1ccccc1NC(=O)c1ccc(C(=O)NCCCN2CCOCC2)cn1. The Morgan fingerprint density at radius 1 is 1.00 bits per heavy atom. The summed E-state index contributed by atoms with van der Waals surface area (Å²) >= 11 is 0. The van der Waals surface area contributed by atoms with Crippen LogP contribution in [0.15, 0.2) is 42.6 Å². The largest absolute Gasteiger partial charge is 0.444 e. The van der Waals surface area contributed by atoms with E-state index in [2.05, 4.69) is 25.8 Å². The van der Waals surface area contributed by atoms with E-state index in [0.717, 1.165) is 39.3 Å². The van der Waals surface area contributed by atoms with Crippen molar-refractivity contribution in [3.63, 3.8) is 0 Å². The highest BCUT2D eigenvalue weighted by Crippen LogP contribution is 2.22. The van der Waals surface area contributed by atoms with Crippen molar-refractivity contribution >= 4 is 29.3 Å². The van der Waals surface area contributed by atoms with Gasteiger partial charge in [0.1, 0.15) is 11.3 Å². The number of nitrogens with one attached hydrogen (secondary N) is 3. The summed E-state index contributed by atoms with van der Waals surface area (Å²) in [6.45, 7) is 10.1. The zero-order valence-electron chi connectivity index (χ0n) is 20.4. The number of amides is 3. The van der Waals surface area contributed by atoms with E-state index >= 15 is 0 Å². The minimum Gasteiger partial charge on any atom is -0.444 e.